The first-order valence-corrected chi connectivity index (χ1v) is 5.31. The van der Waals surface area contributed by atoms with Crippen molar-refractivity contribution in [3.63, 3.8) is 0 Å². The number of methoxy groups -OCH3 is 1. The van der Waals surface area contributed by atoms with Crippen LogP contribution >= 0.6 is 11.6 Å². The summed E-state index contributed by atoms with van der Waals surface area (Å²) in [6, 6.07) is 5.34. The minimum atomic E-state index is -0.838. The Morgan fingerprint density at radius 1 is 1.50 bits per heavy atom. The first-order chi connectivity index (χ1) is 7.38. The summed E-state index contributed by atoms with van der Waals surface area (Å²) in [6.07, 6.45) is 0.381. The van der Waals surface area contributed by atoms with Crippen molar-refractivity contribution in [3.05, 3.63) is 28.8 Å². The number of hydrogen-bond donors (Lipinski definition) is 1. The van der Waals surface area contributed by atoms with Gasteiger partial charge >= 0.3 is 5.97 Å². The normalized spacial score (nSPS) is 11.2. The van der Waals surface area contributed by atoms with Crippen molar-refractivity contribution < 1.29 is 14.6 Å². The number of carbonyl (C=O) groups is 1. The van der Waals surface area contributed by atoms with Crippen LogP contribution in [0.1, 0.15) is 19.4 Å². The van der Waals surface area contributed by atoms with Gasteiger partial charge in [-0.15, -0.1) is 0 Å². The van der Waals surface area contributed by atoms with Gasteiger partial charge in [-0.2, -0.15) is 0 Å². The van der Waals surface area contributed by atoms with Crippen LogP contribution in [0.2, 0.25) is 5.02 Å². The topological polar surface area (TPSA) is 46.5 Å². The molecular formula is C12H15ClO3. The Morgan fingerprint density at radius 3 is 2.62 bits per heavy atom. The fourth-order valence-corrected chi connectivity index (χ4v) is 1.74. The van der Waals surface area contributed by atoms with Gasteiger partial charge < -0.3 is 9.84 Å². The molecule has 0 fully saturated rings. The molecule has 0 amide bonds. The van der Waals surface area contributed by atoms with Crippen molar-refractivity contribution in [1.82, 2.24) is 0 Å². The van der Waals surface area contributed by atoms with Gasteiger partial charge in [0.05, 0.1) is 17.5 Å². The highest BCUT2D eigenvalue weighted by Gasteiger charge is 2.28. The predicted octanol–water partition coefficient (Wildman–Crippen LogP) is 3.00. The molecule has 1 N–H and O–H groups in total. The maximum absolute atomic E-state index is 11.0. The number of halogens is 1. The molecule has 0 aliphatic heterocycles. The summed E-state index contributed by atoms with van der Waals surface area (Å²) in [6.45, 7) is 3.35. The molecule has 0 aliphatic carbocycles. The van der Waals surface area contributed by atoms with Crippen molar-refractivity contribution in [2.75, 3.05) is 7.11 Å². The molecule has 0 aliphatic rings. The molecular weight excluding hydrogens is 228 g/mol. The Balaban J connectivity index is 3.06. The molecule has 1 aromatic carbocycles. The highest BCUT2D eigenvalue weighted by atomic mass is 35.5. The fraction of sp³-hybridized carbons (Fsp3) is 0.417. The molecule has 88 valence electrons. The first kappa shape index (κ1) is 12.8. The van der Waals surface area contributed by atoms with Gasteiger partial charge in [0, 0.05) is 0 Å². The van der Waals surface area contributed by atoms with Crippen molar-refractivity contribution in [2.24, 2.45) is 5.41 Å². The number of rotatable bonds is 4. The molecule has 0 aromatic heterocycles. The Labute approximate surface area is 100.0 Å². The van der Waals surface area contributed by atoms with Crippen LogP contribution in [0.5, 0.6) is 5.75 Å². The van der Waals surface area contributed by atoms with Crippen LogP contribution < -0.4 is 4.74 Å². The van der Waals surface area contributed by atoms with Crippen LogP contribution in [0, 0.1) is 5.41 Å². The zero-order valence-corrected chi connectivity index (χ0v) is 10.3. The van der Waals surface area contributed by atoms with Crippen LogP contribution in [-0.2, 0) is 11.2 Å². The standard InChI is InChI=1S/C12H15ClO3/c1-12(2,11(14)15)7-8-5-4-6-9(13)10(8)16-3/h4-6H,7H2,1-3H3,(H,14,15). The third-order valence-corrected chi connectivity index (χ3v) is 2.76. The monoisotopic (exact) mass is 242 g/mol. The van der Waals surface area contributed by atoms with Crippen LogP contribution in [0.25, 0.3) is 0 Å². The second-order valence-corrected chi connectivity index (χ2v) is 4.71. The Kier molecular flexibility index (Phi) is 3.81. The molecule has 0 heterocycles. The molecule has 0 radical (unpaired) electrons. The van der Waals surface area contributed by atoms with Gasteiger partial charge in [0.25, 0.3) is 0 Å². The van der Waals surface area contributed by atoms with E-state index in [1.54, 1.807) is 26.0 Å². The quantitative estimate of drug-likeness (QED) is 0.883. The average molecular weight is 243 g/mol. The molecule has 0 atom stereocenters. The lowest BCUT2D eigenvalue weighted by Crippen LogP contribution is -2.26. The summed E-state index contributed by atoms with van der Waals surface area (Å²) in [5, 5.41) is 9.56. The molecule has 1 rings (SSSR count). The molecule has 0 saturated heterocycles. The highest BCUT2D eigenvalue weighted by molar-refractivity contribution is 6.32. The Bertz CT molecular complexity index is 399. The lowest BCUT2D eigenvalue weighted by Gasteiger charge is -2.20. The van der Waals surface area contributed by atoms with Crippen molar-refractivity contribution >= 4 is 17.6 Å². The van der Waals surface area contributed by atoms with E-state index in [9.17, 15) is 4.79 Å². The maximum atomic E-state index is 11.0. The Morgan fingerprint density at radius 2 is 2.12 bits per heavy atom. The number of ether oxygens (including phenoxy) is 1. The minimum Gasteiger partial charge on any atom is -0.495 e. The van der Waals surface area contributed by atoms with E-state index in [2.05, 4.69) is 0 Å². The predicted molar refractivity (Wildman–Crippen MR) is 63.1 cm³/mol. The van der Waals surface area contributed by atoms with Gasteiger partial charge in [-0.3, -0.25) is 4.79 Å². The SMILES string of the molecule is COc1c(Cl)cccc1CC(C)(C)C(=O)O. The lowest BCUT2D eigenvalue weighted by molar-refractivity contribution is -0.146. The van der Waals surface area contributed by atoms with E-state index in [1.165, 1.54) is 7.11 Å². The van der Waals surface area contributed by atoms with E-state index < -0.39 is 11.4 Å². The number of aliphatic carboxylic acids is 1. The molecule has 16 heavy (non-hydrogen) atoms. The average Bonchev–Trinajstić information content (AvgIpc) is 2.17. The number of carboxylic acids is 1. The summed E-state index contributed by atoms with van der Waals surface area (Å²) < 4.78 is 5.18. The number of hydrogen-bond acceptors (Lipinski definition) is 2. The van der Waals surface area contributed by atoms with Gasteiger partial charge in [-0.25, -0.2) is 0 Å². The Hall–Kier alpha value is -1.22. The van der Waals surface area contributed by atoms with Gasteiger partial charge in [0.1, 0.15) is 5.75 Å². The summed E-state index contributed by atoms with van der Waals surface area (Å²) in [7, 11) is 1.53. The van der Waals surface area contributed by atoms with E-state index >= 15 is 0 Å². The second kappa shape index (κ2) is 4.74. The van der Waals surface area contributed by atoms with E-state index in [1.807, 2.05) is 6.07 Å². The number of para-hydroxylation sites is 1. The van der Waals surface area contributed by atoms with Crippen LogP contribution in [0.4, 0.5) is 0 Å². The smallest absolute Gasteiger partial charge is 0.309 e. The van der Waals surface area contributed by atoms with Crippen LogP contribution in [-0.4, -0.2) is 18.2 Å². The van der Waals surface area contributed by atoms with E-state index in [4.69, 9.17) is 21.4 Å². The van der Waals surface area contributed by atoms with Crippen molar-refractivity contribution in [1.29, 1.82) is 0 Å². The van der Waals surface area contributed by atoms with Crippen LogP contribution in [0.15, 0.2) is 18.2 Å². The second-order valence-electron chi connectivity index (χ2n) is 4.30. The van der Waals surface area contributed by atoms with Gasteiger partial charge in [0.15, 0.2) is 0 Å². The van der Waals surface area contributed by atoms with Gasteiger partial charge in [-0.1, -0.05) is 23.7 Å². The van der Waals surface area contributed by atoms with E-state index in [0.29, 0.717) is 17.2 Å². The molecule has 3 nitrogen and oxygen atoms in total. The van der Waals surface area contributed by atoms with Gasteiger partial charge in [0.2, 0.25) is 0 Å². The molecule has 0 spiro atoms. The van der Waals surface area contributed by atoms with E-state index in [0.717, 1.165) is 5.56 Å². The maximum Gasteiger partial charge on any atom is 0.309 e. The lowest BCUT2D eigenvalue weighted by atomic mass is 9.85. The van der Waals surface area contributed by atoms with E-state index in [-0.39, 0.29) is 0 Å². The summed E-state index contributed by atoms with van der Waals surface area (Å²) in [5.41, 5.74) is -0.0276. The van der Waals surface area contributed by atoms with Crippen LogP contribution in [0.3, 0.4) is 0 Å². The molecule has 1 aromatic rings. The third kappa shape index (κ3) is 2.67. The molecule has 0 saturated carbocycles. The number of benzene rings is 1. The molecule has 0 bridgehead atoms. The first-order valence-electron chi connectivity index (χ1n) is 4.93. The summed E-state index contributed by atoms with van der Waals surface area (Å²) in [5.74, 6) is -0.284. The fourth-order valence-electron chi connectivity index (χ4n) is 1.47. The molecule has 0 unspecified atom stereocenters. The third-order valence-electron chi connectivity index (χ3n) is 2.46. The molecule has 4 heteroatoms. The van der Waals surface area contributed by atoms with Crippen molar-refractivity contribution in [2.45, 2.75) is 20.3 Å². The summed E-state index contributed by atoms with van der Waals surface area (Å²) in [4.78, 5) is 11.0. The zero-order chi connectivity index (χ0) is 12.3. The summed E-state index contributed by atoms with van der Waals surface area (Å²) >= 11 is 5.97. The zero-order valence-electron chi connectivity index (χ0n) is 9.58. The highest BCUT2D eigenvalue weighted by Crippen LogP contribution is 2.33. The van der Waals surface area contributed by atoms with Crippen molar-refractivity contribution in [3.8, 4) is 5.75 Å². The number of carboxylic acid groups (broad SMARTS) is 1. The minimum absolute atomic E-state index is 0.381. The van der Waals surface area contributed by atoms with Gasteiger partial charge in [-0.05, 0) is 31.9 Å². The largest absolute Gasteiger partial charge is 0.495 e.